The van der Waals surface area contributed by atoms with Gasteiger partial charge in [-0.05, 0) is 42.3 Å². The largest absolute Gasteiger partial charge is 0.351 e. The fourth-order valence-corrected chi connectivity index (χ4v) is 1.96. The number of hydrogen-bond acceptors (Lipinski definition) is 1. The number of unbranched alkanes of at least 4 members (excludes halogenated alkanes) is 1. The molecule has 0 atom stereocenters. The van der Waals surface area contributed by atoms with Gasteiger partial charge in [-0.2, -0.15) is 0 Å². The van der Waals surface area contributed by atoms with Crippen molar-refractivity contribution < 1.29 is 4.79 Å². The summed E-state index contributed by atoms with van der Waals surface area (Å²) < 4.78 is 2.92. The molecule has 1 aromatic heterocycles. The highest BCUT2D eigenvalue weighted by Crippen LogP contribution is 2.19. The van der Waals surface area contributed by atoms with Gasteiger partial charge in [-0.3, -0.25) is 4.79 Å². The minimum atomic E-state index is 0.00727. The molecular formula is C12H19BrN2O. The highest BCUT2D eigenvalue weighted by molar-refractivity contribution is 9.10. The molecule has 90 valence electrons. The molecule has 1 heterocycles. The van der Waals surface area contributed by atoms with Crippen molar-refractivity contribution in [3.63, 3.8) is 0 Å². The predicted octanol–water partition coefficient (Wildman–Crippen LogP) is 3.36. The number of aromatic nitrogens is 1. The van der Waals surface area contributed by atoms with E-state index in [-0.39, 0.29) is 5.91 Å². The van der Waals surface area contributed by atoms with Gasteiger partial charge in [-0.1, -0.05) is 13.3 Å². The van der Waals surface area contributed by atoms with E-state index in [2.05, 4.69) is 42.0 Å². The second-order valence-electron chi connectivity index (χ2n) is 4.15. The van der Waals surface area contributed by atoms with Crippen molar-refractivity contribution in [1.82, 2.24) is 9.88 Å². The number of rotatable bonds is 5. The molecule has 0 radical (unpaired) electrons. The average Bonchev–Trinajstić information content (AvgIpc) is 2.61. The normalized spacial score (nSPS) is 10.8. The van der Waals surface area contributed by atoms with Crippen LogP contribution in [0, 0.1) is 0 Å². The summed E-state index contributed by atoms with van der Waals surface area (Å²) >= 11 is 3.40. The van der Waals surface area contributed by atoms with E-state index in [1.807, 2.05) is 16.8 Å². The Morgan fingerprint density at radius 2 is 2.25 bits per heavy atom. The van der Waals surface area contributed by atoms with E-state index in [1.165, 1.54) is 0 Å². The highest BCUT2D eigenvalue weighted by Gasteiger charge is 2.13. The Balaban J connectivity index is 2.74. The Kier molecular flexibility index (Phi) is 5.06. The highest BCUT2D eigenvalue weighted by atomic mass is 79.9. The maximum atomic E-state index is 11.9. The zero-order valence-corrected chi connectivity index (χ0v) is 11.7. The Labute approximate surface area is 105 Å². The molecule has 0 saturated heterocycles. The van der Waals surface area contributed by atoms with Crippen molar-refractivity contribution in [2.75, 3.05) is 6.54 Å². The van der Waals surface area contributed by atoms with E-state index >= 15 is 0 Å². The third kappa shape index (κ3) is 3.37. The maximum absolute atomic E-state index is 11.9. The topological polar surface area (TPSA) is 34.0 Å². The van der Waals surface area contributed by atoms with E-state index in [0.29, 0.717) is 6.04 Å². The van der Waals surface area contributed by atoms with Crippen LogP contribution in [0.1, 0.15) is 50.1 Å². The Hall–Kier alpha value is -0.770. The molecule has 0 spiro atoms. The molecule has 1 N–H and O–H groups in total. The first-order chi connectivity index (χ1) is 7.56. The number of nitrogens with one attached hydrogen (secondary N) is 1. The fraction of sp³-hybridized carbons (Fsp3) is 0.583. The Morgan fingerprint density at radius 1 is 1.56 bits per heavy atom. The first-order valence-electron chi connectivity index (χ1n) is 5.71. The van der Waals surface area contributed by atoms with Crippen LogP contribution in [0.15, 0.2) is 16.7 Å². The van der Waals surface area contributed by atoms with Crippen LogP contribution in [0.25, 0.3) is 0 Å². The molecule has 0 aliphatic rings. The van der Waals surface area contributed by atoms with Gasteiger partial charge < -0.3 is 9.88 Å². The molecule has 0 saturated carbocycles. The van der Waals surface area contributed by atoms with Crippen LogP contribution in [0.2, 0.25) is 0 Å². The van der Waals surface area contributed by atoms with Crippen LogP contribution in [0.3, 0.4) is 0 Å². The van der Waals surface area contributed by atoms with Crippen LogP contribution in [0.4, 0.5) is 0 Å². The number of amides is 1. The molecule has 16 heavy (non-hydrogen) atoms. The lowest BCUT2D eigenvalue weighted by Gasteiger charge is -2.12. The molecule has 1 rings (SSSR count). The van der Waals surface area contributed by atoms with Crippen LogP contribution >= 0.6 is 15.9 Å². The van der Waals surface area contributed by atoms with E-state index in [1.54, 1.807) is 0 Å². The molecule has 0 fully saturated rings. The molecule has 0 aliphatic carbocycles. The monoisotopic (exact) mass is 286 g/mol. The van der Waals surface area contributed by atoms with E-state index in [0.717, 1.165) is 29.6 Å². The third-order valence-electron chi connectivity index (χ3n) is 2.42. The lowest BCUT2D eigenvalue weighted by atomic mass is 10.3. The zero-order valence-electron chi connectivity index (χ0n) is 10.1. The van der Waals surface area contributed by atoms with Crippen LogP contribution in [-0.2, 0) is 0 Å². The summed E-state index contributed by atoms with van der Waals surface area (Å²) in [6.07, 6.45) is 4.06. The van der Waals surface area contributed by atoms with Crippen molar-refractivity contribution in [1.29, 1.82) is 0 Å². The standard InChI is InChI=1S/C12H19BrN2O/c1-4-5-6-14-12(16)11-7-10(13)8-15(11)9(2)3/h7-9H,4-6H2,1-3H3,(H,14,16). The third-order valence-corrected chi connectivity index (χ3v) is 2.85. The molecule has 0 unspecified atom stereocenters. The van der Waals surface area contributed by atoms with Crippen molar-refractivity contribution in [2.45, 2.75) is 39.7 Å². The van der Waals surface area contributed by atoms with E-state index in [9.17, 15) is 4.79 Å². The van der Waals surface area contributed by atoms with Crippen molar-refractivity contribution in [3.05, 3.63) is 22.4 Å². The van der Waals surface area contributed by atoms with Gasteiger partial charge in [-0.15, -0.1) is 0 Å². The predicted molar refractivity (Wildman–Crippen MR) is 69.8 cm³/mol. The lowest BCUT2D eigenvalue weighted by molar-refractivity contribution is 0.0942. The van der Waals surface area contributed by atoms with E-state index in [4.69, 9.17) is 0 Å². The summed E-state index contributed by atoms with van der Waals surface area (Å²) in [5.74, 6) is 0.00727. The SMILES string of the molecule is CCCCNC(=O)c1cc(Br)cn1C(C)C. The van der Waals surface area contributed by atoms with Crippen molar-refractivity contribution >= 4 is 21.8 Å². The summed E-state index contributed by atoms with van der Waals surface area (Å²) in [5.41, 5.74) is 0.720. The van der Waals surface area contributed by atoms with E-state index < -0.39 is 0 Å². The summed E-state index contributed by atoms with van der Waals surface area (Å²) in [5, 5.41) is 2.93. The number of halogens is 1. The molecule has 1 amide bonds. The summed E-state index contributed by atoms with van der Waals surface area (Å²) in [6, 6.07) is 2.15. The number of nitrogens with zero attached hydrogens (tertiary/aromatic N) is 1. The summed E-state index contributed by atoms with van der Waals surface area (Å²) in [7, 11) is 0. The van der Waals surface area contributed by atoms with Gasteiger partial charge >= 0.3 is 0 Å². The molecular weight excluding hydrogens is 268 g/mol. The Morgan fingerprint density at radius 3 is 2.81 bits per heavy atom. The van der Waals surface area contributed by atoms with Gasteiger partial charge in [0.2, 0.25) is 0 Å². The van der Waals surface area contributed by atoms with Gasteiger partial charge in [0.25, 0.3) is 5.91 Å². The zero-order chi connectivity index (χ0) is 12.1. The van der Waals surface area contributed by atoms with Crippen LogP contribution in [-0.4, -0.2) is 17.0 Å². The van der Waals surface area contributed by atoms with Gasteiger partial charge in [0.15, 0.2) is 0 Å². The minimum Gasteiger partial charge on any atom is -0.351 e. The molecule has 1 aromatic rings. The van der Waals surface area contributed by atoms with Gasteiger partial charge in [0, 0.05) is 23.3 Å². The average molecular weight is 287 g/mol. The first-order valence-corrected chi connectivity index (χ1v) is 6.51. The van der Waals surface area contributed by atoms with Gasteiger partial charge in [-0.25, -0.2) is 0 Å². The van der Waals surface area contributed by atoms with Gasteiger partial charge in [0.1, 0.15) is 5.69 Å². The summed E-state index contributed by atoms with van der Waals surface area (Å²) in [6.45, 7) is 6.99. The summed E-state index contributed by atoms with van der Waals surface area (Å²) in [4.78, 5) is 11.9. The van der Waals surface area contributed by atoms with Crippen molar-refractivity contribution in [2.24, 2.45) is 0 Å². The second-order valence-corrected chi connectivity index (χ2v) is 5.07. The Bertz CT molecular complexity index is 358. The lowest BCUT2D eigenvalue weighted by Crippen LogP contribution is -2.27. The first kappa shape index (κ1) is 13.3. The second kappa shape index (κ2) is 6.09. The van der Waals surface area contributed by atoms with Crippen molar-refractivity contribution in [3.8, 4) is 0 Å². The van der Waals surface area contributed by atoms with Crippen LogP contribution < -0.4 is 5.32 Å². The molecule has 0 bridgehead atoms. The fourth-order valence-electron chi connectivity index (χ4n) is 1.52. The maximum Gasteiger partial charge on any atom is 0.267 e. The molecule has 0 aromatic carbocycles. The number of hydrogen-bond donors (Lipinski definition) is 1. The van der Waals surface area contributed by atoms with Crippen LogP contribution in [0.5, 0.6) is 0 Å². The smallest absolute Gasteiger partial charge is 0.267 e. The number of carbonyl (C=O) groups is 1. The molecule has 0 aliphatic heterocycles. The number of carbonyl (C=O) groups excluding carboxylic acids is 1. The minimum absolute atomic E-state index is 0.00727. The molecule has 4 heteroatoms. The quantitative estimate of drug-likeness (QED) is 0.828. The van der Waals surface area contributed by atoms with Gasteiger partial charge in [0.05, 0.1) is 0 Å². The molecule has 3 nitrogen and oxygen atoms in total.